The first-order chi connectivity index (χ1) is 13.0. The fourth-order valence-electron chi connectivity index (χ4n) is 2.84. The van der Waals surface area contributed by atoms with Crippen LogP contribution >= 0.6 is 11.6 Å². The van der Waals surface area contributed by atoms with Crippen molar-refractivity contribution in [3.05, 3.63) is 64.7 Å². The van der Waals surface area contributed by atoms with Gasteiger partial charge in [0, 0.05) is 5.02 Å². The lowest BCUT2D eigenvalue weighted by Crippen LogP contribution is -2.28. The molecule has 27 heavy (non-hydrogen) atoms. The summed E-state index contributed by atoms with van der Waals surface area (Å²) in [6.07, 6.45) is 1.33. The summed E-state index contributed by atoms with van der Waals surface area (Å²) >= 11 is 5.88. The third kappa shape index (κ3) is 4.11. The highest BCUT2D eigenvalue weighted by Crippen LogP contribution is 2.49. The maximum atomic E-state index is 12.5. The molecule has 0 aromatic heterocycles. The van der Waals surface area contributed by atoms with Gasteiger partial charge in [-0.2, -0.15) is 0 Å². The zero-order valence-electron chi connectivity index (χ0n) is 14.7. The van der Waals surface area contributed by atoms with E-state index in [0.717, 1.165) is 5.56 Å². The average Bonchev–Trinajstić information content (AvgIpc) is 3.48. The van der Waals surface area contributed by atoms with Gasteiger partial charge in [0.15, 0.2) is 6.61 Å². The Kier molecular flexibility index (Phi) is 5.46. The smallest absolute Gasteiger partial charge is 0.339 e. The van der Waals surface area contributed by atoms with Crippen LogP contribution in [0.3, 0.4) is 0 Å². The van der Waals surface area contributed by atoms with E-state index in [1.54, 1.807) is 42.5 Å². The van der Waals surface area contributed by atoms with Crippen molar-refractivity contribution >= 4 is 35.1 Å². The molecule has 1 saturated carbocycles. The predicted octanol–water partition coefficient (Wildman–Crippen LogP) is 3.34. The van der Waals surface area contributed by atoms with Gasteiger partial charge in [0.25, 0.3) is 5.91 Å². The molecule has 2 aromatic carbocycles. The summed E-state index contributed by atoms with van der Waals surface area (Å²) in [6.45, 7) is -0.441. The molecule has 0 spiro atoms. The minimum Gasteiger partial charge on any atom is -0.465 e. The average molecular weight is 388 g/mol. The molecule has 1 fully saturated rings. The number of para-hydroxylation sites is 1. The molecule has 140 valence electrons. The van der Waals surface area contributed by atoms with Gasteiger partial charge in [0.1, 0.15) is 0 Å². The number of methoxy groups -OCH3 is 1. The number of hydrogen-bond donors (Lipinski definition) is 1. The van der Waals surface area contributed by atoms with Gasteiger partial charge in [-0.15, -0.1) is 0 Å². The van der Waals surface area contributed by atoms with Crippen molar-refractivity contribution in [3.63, 3.8) is 0 Å². The highest BCUT2D eigenvalue weighted by molar-refractivity contribution is 6.30. The molecule has 0 saturated heterocycles. The lowest BCUT2D eigenvalue weighted by molar-refractivity contribution is -0.150. The van der Waals surface area contributed by atoms with Crippen molar-refractivity contribution in [2.24, 2.45) is 0 Å². The van der Waals surface area contributed by atoms with Crippen LogP contribution in [-0.2, 0) is 24.5 Å². The van der Waals surface area contributed by atoms with Crippen molar-refractivity contribution < 1.29 is 23.9 Å². The number of benzene rings is 2. The third-order valence-corrected chi connectivity index (χ3v) is 4.73. The van der Waals surface area contributed by atoms with Crippen molar-refractivity contribution in [1.29, 1.82) is 0 Å². The zero-order valence-corrected chi connectivity index (χ0v) is 15.4. The molecule has 0 radical (unpaired) electrons. The van der Waals surface area contributed by atoms with E-state index in [1.165, 1.54) is 13.2 Å². The summed E-state index contributed by atoms with van der Waals surface area (Å²) in [5.41, 5.74) is 0.645. The topological polar surface area (TPSA) is 81.7 Å². The first-order valence-corrected chi connectivity index (χ1v) is 8.74. The Balaban J connectivity index is 1.61. The molecule has 0 bridgehead atoms. The van der Waals surface area contributed by atoms with Gasteiger partial charge in [0.2, 0.25) is 0 Å². The number of esters is 2. The number of carbonyl (C=O) groups is 3. The molecule has 0 aliphatic heterocycles. The standard InChI is InChI=1S/C20H18ClNO5/c1-26-18(24)15-4-2-3-5-16(15)22-17(23)12-27-19(25)20(10-11-20)13-6-8-14(21)9-7-13/h2-9H,10-12H2,1H3,(H,22,23). The fraction of sp³-hybridized carbons (Fsp3) is 0.250. The van der Waals surface area contributed by atoms with Crippen LogP contribution in [0.25, 0.3) is 0 Å². The van der Waals surface area contributed by atoms with Crippen LogP contribution in [0.1, 0.15) is 28.8 Å². The van der Waals surface area contributed by atoms with Crippen LogP contribution in [-0.4, -0.2) is 31.6 Å². The second-order valence-electron chi connectivity index (χ2n) is 6.25. The number of amides is 1. The van der Waals surface area contributed by atoms with E-state index in [0.29, 0.717) is 23.6 Å². The maximum absolute atomic E-state index is 12.5. The molecule has 6 nitrogen and oxygen atoms in total. The number of carbonyl (C=O) groups excluding carboxylic acids is 3. The van der Waals surface area contributed by atoms with Crippen LogP contribution in [0.4, 0.5) is 5.69 Å². The van der Waals surface area contributed by atoms with Crippen LogP contribution in [0.15, 0.2) is 48.5 Å². The Morgan fingerprint density at radius 1 is 1.07 bits per heavy atom. The predicted molar refractivity (Wildman–Crippen MR) is 99.7 cm³/mol. The highest BCUT2D eigenvalue weighted by atomic mass is 35.5. The number of hydrogen-bond acceptors (Lipinski definition) is 5. The molecular formula is C20H18ClNO5. The van der Waals surface area contributed by atoms with Crippen LogP contribution < -0.4 is 5.32 Å². The van der Waals surface area contributed by atoms with Gasteiger partial charge in [-0.3, -0.25) is 9.59 Å². The Morgan fingerprint density at radius 3 is 2.37 bits per heavy atom. The van der Waals surface area contributed by atoms with E-state index in [9.17, 15) is 14.4 Å². The van der Waals surface area contributed by atoms with E-state index in [2.05, 4.69) is 10.1 Å². The van der Waals surface area contributed by atoms with Crippen molar-refractivity contribution in [2.45, 2.75) is 18.3 Å². The van der Waals surface area contributed by atoms with Crippen molar-refractivity contribution in [3.8, 4) is 0 Å². The van der Waals surface area contributed by atoms with Gasteiger partial charge in [-0.1, -0.05) is 35.9 Å². The molecule has 1 aliphatic carbocycles. The molecule has 1 amide bonds. The number of anilines is 1. The van der Waals surface area contributed by atoms with Gasteiger partial charge in [-0.25, -0.2) is 4.79 Å². The molecule has 2 aromatic rings. The lowest BCUT2D eigenvalue weighted by Gasteiger charge is -2.15. The number of ether oxygens (including phenoxy) is 2. The Hall–Kier alpha value is -2.86. The summed E-state index contributed by atoms with van der Waals surface area (Å²) in [5, 5.41) is 3.16. The molecule has 0 atom stereocenters. The van der Waals surface area contributed by atoms with E-state index >= 15 is 0 Å². The number of rotatable bonds is 6. The molecule has 3 rings (SSSR count). The van der Waals surface area contributed by atoms with E-state index in [1.807, 2.05) is 0 Å². The number of nitrogens with one attached hydrogen (secondary N) is 1. The third-order valence-electron chi connectivity index (χ3n) is 4.48. The van der Waals surface area contributed by atoms with Gasteiger partial charge in [-0.05, 0) is 42.7 Å². The molecule has 0 heterocycles. The summed E-state index contributed by atoms with van der Waals surface area (Å²) in [7, 11) is 1.26. The molecule has 1 N–H and O–H groups in total. The Bertz CT molecular complexity index is 874. The largest absolute Gasteiger partial charge is 0.465 e. The molecular weight excluding hydrogens is 370 g/mol. The Labute approximate surface area is 161 Å². The van der Waals surface area contributed by atoms with Crippen molar-refractivity contribution in [1.82, 2.24) is 0 Å². The van der Waals surface area contributed by atoms with Gasteiger partial charge < -0.3 is 14.8 Å². The zero-order chi connectivity index (χ0) is 19.4. The summed E-state index contributed by atoms with van der Waals surface area (Å²) in [5.74, 6) is -1.55. The van der Waals surface area contributed by atoms with Crippen LogP contribution in [0.2, 0.25) is 5.02 Å². The van der Waals surface area contributed by atoms with E-state index < -0.39 is 29.9 Å². The summed E-state index contributed by atoms with van der Waals surface area (Å²) < 4.78 is 9.90. The van der Waals surface area contributed by atoms with E-state index in [-0.39, 0.29) is 5.56 Å². The molecule has 1 aliphatic rings. The number of halogens is 1. The Morgan fingerprint density at radius 2 is 1.74 bits per heavy atom. The van der Waals surface area contributed by atoms with Crippen LogP contribution in [0.5, 0.6) is 0 Å². The van der Waals surface area contributed by atoms with Gasteiger partial charge >= 0.3 is 11.9 Å². The molecule has 7 heteroatoms. The lowest BCUT2D eigenvalue weighted by atomic mass is 9.96. The minimum absolute atomic E-state index is 0.222. The fourth-order valence-corrected chi connectivity index (χ4v) is 2.97. The van der Waals surface area contributed by atoms with Crippen molar-refractivity contribution in [2.75, 3.05) is 19.0 Å². The SMILES string of the molecule is COC(=O)c1ccccc1NC(=O)COC(=O)C1(c2ccc(Cl)cc2)CC1. The maximum Gasteiger partial charge on any atom is 0.339 e. The van der Waals surface area contributed by atoms with E-state index in [4.69, 9.17) is 16.3 Å². The summed E-state index contributed by atoms with van der Waals surface area (Å²) in [4.78, 5) is 36.4. The normalized spacial score (nSPS) is 14.1. The van der Waals surface area contributed by atoms with Gasteiger partial charge in [0.05, 0.1) is 23.8 Å². The summed E-state index contributed by atoms with van der Waals surface area (Å²) in [6, 6.07) is 13.5. The first kappa shape index (κ1) is 18.9. The second-order valence-corrected chi connectivity index (χ2v) is 6.69. The molecule has 0 unspecified atom stereocenters. The quantitative estimate of drug-likeness (QED) is 0.769. The first-order valence-electron chi connectivity index (χ1n) is 8.37. The second kappa shape index (κ2) is 7.80. The highest BCUT2D eigenvalue weighted by Gasteiger charge is 2.52. The minimum atomic E-state index is -0.700. The van der Waals surface area contributed by atoms with Crippen LogP contribution in [0, 0.1) is 0 Å². The monoisotopic (exact) mass is 387 g/mol.